The number of hydrogen-bond donors (Lipinski definition) is 2. The summed E-state index contributed by atoms with van der Waals surface area (Å²) in [5.74, 6) is -1.25. The Morgan fingerprint density at radius 2 is 2.07 bits per heavy atom. The number of aromatic hydroxyl groups is 2. The van der Waals surface area contributed by atoms with Crippen LogP contribution in [0.4, 0.5) is 5.69 Å². The van der Waals surface area contributed by atoms with Crippen LogP contribution in [0.2, 0.25) is 4.34 Å². The number of phenols is 2. The second kappa shape index (κ2) is 3.25. The first-order valence-electron chi connectivity index (χ1n) is 3.79. The zero-order chi connectivity index (χ0) is 11.2. The Morgan fingerprint density at radius 3 is 2.67 bits per heavy atom. The number of thiophene rings is 1. The summed E-state index contributed by atoms with van der Waals surface area (Å²) in [5.41, 5.74) is -0.512. The van der Waals surface area contributed by atoms with Gasteiger partial charge in [-0.25, -0.2) is 0 Å². The summed E-state index contributed by atoms with van der Waals surface area (Å²) in [6, 6.07) is 2.73. The molecule has 0 radical (unpaired) electrons. The molecular formula is C8H4ClNO4S. The summed E-state index contributed by atoms with van der Waals surface area (Å²) in [5, 5.41) is 29.7. The van der Waals surface area contributed by atoms with E-state index < -0.39 is 22.1 Å². The molecule has 78 valence electrons. The van der Waals surface area contributed by atoms with Crippen molar-refractivity contribution >= 4 is 38.7 Å². The molecule has 0 aliphatic rings. The quantitative estimate of drug-likeness (QED) is 0.460. The van der Waals surface area contributed by atoms with Gasteiger partial charge in [0.05, 0.1) is 9.26 Å². The summed E-state index contributed by atoms with van der Waals surface area (Å²) in [6.45, 7) is 0. The van der Waals surface area contributed by atoms with Crippen LogP contribution in [0.15, 0.2) is 12.1 Å². The van der Waals surface area contributed by atoms with Crippen LogP contribution < -0.4 is 0 Å². The van der Waals surface area contributed by atoms with Crippen LogP contribution in [-0.2, 0) is 0 Å². The monoisotopic (exact) mass is 245 g/mol. The number of nitro groups is 1. The lowest BCUT2D eigenvalue weighted by molar-refractivity contribution is -0.383. The molecule has 1 aromatic heterocycles. The number of benzene rings is 1. The summed E-state index contributed by atoms with van der Waals surface area (Å²) in [4.78, 5) is 9.95. The summed E-state index contributed by atoms with van der Waals surface area (Å²) >= 11 is 6.68. The first kappa shape index (κ1) is 10.0. The van der Waals surface area contributed by atoms with E-state index in [9.17, 15) is 20.3 Å². The summed E-state index contributed by atoms with van der Waals surface area (Å²) < 4.78 is 0.610. The van der Waals surface area contributed by atoms with E-state index in [2.05, 4.69) is 0 Å². The molecule has 0 amide bonds. The molecule has 2 aromatic rings. The van der Waals surface area contributed by atoms with Crippen molar-refractivity contribution < 1.29 is 15.1 Å². The topological polar surface area (TPSA) is 83.6 Å². The van der Waals surface area contributed by atoms with Crippen LogP contribution in [0.25, 0.3) is 10.1 Å². The van der Waals surface area contributed by atoms with E-state index >= 15 is 0 Å². The Labute approximate surface area is 92.3 Å². The van der Waals surface area contributed by atoms with Crippen molar-refractivity contribution in [3.63, 3.8) is 0 Å². The molecule has 0 fully saturated rings. The molecule has 1 aromatic carbocycles. The second-order valence-electron chi connectivity index (χ2n) is 2.82. The van der Waals surface area contributed by atoms with E-state index in [0.29, 0.717) is 9.72 Å². The van der Waals surface area contributed by atoms with E-state index in [1.54, 1.807) is 0 Å². The summed E-state index contributed by atoms with van der Waals surface area (Å²) in [6.07, 6.45) is 0. The maximum absolute atomic E-state index is 10.7. The predicted molar refractivity (Wildman–Crippen MR) is 56.8 cm³/mol. The van der Waals surface area contributed by atoms with Gasteiger partial charge >= 0.3 is 5.69 Å². The SMILES string of the molecule is O=[N+]([O-])c1c(O)c(O)cc2cc(Cl)sc12. The molecule has 0 atom stereocenters. The number of phenolic OH excluding ortho intramolecular Hbond substituents is 2. The molecule has 0 unspecified atom stereocenters. The van der Waals surface area contributed by atoms with E-state index in [4.69, 9.17) is 11.6 Å². The van der Waals surface area contributed by atoms with Gasteiger partial charge in [-0.3, -0.25) is 10.1 Å². The largest absolute Gasteiger partial charge is 0.504 e. The van der Waals surface area contributed by atoms with Gasteiger partial charge < -0.3 is 10.2 Å². The zero-order valence-electron chi connectivity index (χ0n) is 7.10. The van der Waals surface area contributed by atoms with E-state index in [-0.39, 0.29) is 4.70 Å². The van der Waals surface area contributed by atoms with Gasteiger partial charge in [0.1, 0.15) is 4.70 Å². The highest BCUT2D eigenvalue weighted by Crippen LogP contribution is 2.45. The second-order valence-corrected chi connectivity index (χ2v) is 4.50. The predicted octanol–water partition coefficient (Wildman–Crippen LogP) is 2.87. The third-order valence-corrected chi connectivity index (χ3v) is 3.17. The fourth-order valence-electron chi connectivity index (χ4n) is 1.28. The lowest BCUT2D eigenvalue weighted by atomic mass is 10.2. The van der Waals surface area contributed by atoms with Gasteiger partial charge in [-0.15, -0.1) is 11.3 Å². The lowest BCUT2D eigenvalue weighted by Gasteiger charge is -1.99. The Hall–Kier alpha value is -1.53. The molecule has 0 saturated heterocycles. The van der Waals surface area contributed by atoms with Gasteiger partial charge in [-0.05, 0) is 12.1 Å². The maximum Gasteiger partial charge on any atom is 0.332 e. The number of fused-ring (bicyclic) bond motifs is 1. The number of rotatable bonds is 1. The molecule has 0 bridgehead atoms. The average molecular weight is 246 g/mol. The van der Waals surface area contributed by atoms with Crippen LogP contribution in [0.1, 0.15) is 0 Å². The molecule has 7 heteroatoms. The molecule has 2 rings (SSSR count). The van der Waals surface area contributed by atoms with Crippen LogP contribution in [-0.4, -0.2) is 15.1 Å². The van der Waals surface area contributed by atoms with Gasteiger partial charge in [-0.2, -0.15) is 0 Å². The highest BCUT2D eigenvalue weighted by Gasteiger charge is 2.24. The Kier molecular flexibility index (Phi) is 2.17. The molecule has 0 spiro atoms. The zero-order valence-corrected chi connectivity index (χ0v) is 8.67. The van der Waals surface area contributed by atoms with Gasteiger partial charge in [-0.1, -0.05) is 11.6 Å². The van der Waals surface area contributed by atoms with Crippen molar-refractivity contribution in [3.05, 3.63) is 26.6 Å². The van der Waals surface area contributed by atoms with Gasteiger partial charge in [0.25, 0.3) is 0 Å². The van der Waals surface area contributed by atoms with Gasteiger partial charge in [0.2, 0.25) is 5.75 Å². The van der Waals surface area contributed by atoms with E-state index in [1.165, 1.54) is 12.1 Å². The van der Waals surface area contributed by atoms with Crippen molar-refractivity contribution in [2.75, 3.05) is 0 Å². The number of hydrogen-bond acceptors (Lipinski definition) is 5. The van der Waals surface area contributed by atoms with Gasteiger partial charge in [0.15, 0.2) is 5.75 Å². The minimum atomic E-state index is -0.746. The molecule has 0 aliphatic heterocycles. The maximum atomic E-state index is 10.7. The van der Waals surface area contributed by atoms with Crippen LogP contribution >= 0.6 is 22.9 Å². The van der Waals surface area contributed by atoms with Crippen LogP contribution in [0.5, 0.6) is 11.5 Å². The fraction of sp³-hybridized carbons (Fsp3) is 0. The van der Waals surface area contributed by atoms with E-state index in [0.717, 1.165) is 11.3 Å². The first-order valence-corrected chi connectivity index (χ1v) is 4.98. The van der Waals surface area contributed by atoms with Crippen LogP contribution in [0, 0.1) is 10.1 Å². The highest BCUT2D eigenvalue weighted by atomic mass is 35.5. The number of halogens is 1. The van der Waals surface area contributed by atoms with Crippen molar-refractivity contribution in [2.45, 2.75) is 0 Å². The lowest BCUT2D eigenvalue weighted by Crippen LogP contribution is -1.88. The molecular weight excluding hydrogens is 242 g/mol. The minimum Gasteiger partial charge on any atom is -0.504 e. The molecule has 0 saturated carbocycles. The number of nitro benzene ring substituents is 1. The van der Waals surface area contributed by atoms with Crippen molar-refractivity contribution in [2.24, 2.45) is 0 Å². The third kappa shape index (κ3) is 1.47. The molecule has 15 heavy (non-hydrogen) atoms. The van der Waals surface area contributed by atoms with Gasteiger partial charge in [0, 0.05) is 5.39 Å². The molecule has 5 nitrogen and oxygen atoms in total. The normalized spacial score (nSPS) is 10.7. The smallest absolute Gasteiger partial charge is 0.332 e. The Morgan fingerprint density at radius 1 is 1.40 bits per heavy atom. The first-order chi connectivity index (χ1) is 7.00. The average Bonchev–Trinajstić information content (AvgIpc) is 2.46. The molecule has 0 aliphatic carbocycles. The van der Waals surface area contributed by atoms with Crippen molar-refractivity contribution in [1.82, 2.24) is 0 Å². The van der Waals surface area contributed by atoms with E-state index in [1.807, 2.05) is 0 Å². The third-order valence-electron chi connectivity index (χ3n) is 1.89. The minimum absolute atomic E-state index is 0.250. The van der Waals surface area contributed by atoms with Crippen molar-refractivity contribution in [1.29, 1.82) is 0 Å². The Bertz CT molecular complexity index is 565. The van der Waals surface area contributed by atoms with Crippen LogP contribution in [0.3, 0.4) is 0 Å². The molecule has 2 N–H and O–H groups in total. The summed E-state index contributed by atoms with van der Waals surface area (Å²) in [7, 11) is 0. The number of nitrogens with zero attached hydrogens (tertiary/aromatic N) is 1. The van der Waals surface area contributed by atoms with Crippen molar-refractivity contribution in [3.8, 4) is 11.5 Å². The molecule has 1 heterocycles. The highest BCUT2D eigenvalue weighted by molar-refractivity contribution is 7.23. The standard InChI is InChI=1S/C8H4ClNO4S/c9-5-2-3-1-4(11)7(12)6(10(13)14)8(3)15-5/h1-2,11-12H. The Balaban J connectivity index is 2.94. The fourth-order valence-corrected chi connectivity index (χ4v) is 2.51.